The summed E-state index contributed by atoms with van der Waals surface area (Å²) in [5, 5.41) is 3.66. The molecule has 1 heterocycles. The Hall–Kier alpha value is -2.50. The van der Waals surface area contributed by atoms with E-state index in [9.17, 15) is 9.59 Å². The first-order valence-electron chi connectivity index (χ1n) is 8.04. The van der Waals surface area contributed by atoms with Gasteiger partial charge in [0.1, 0.15) is 11.3 Å². The van der Waals surface area contributed by atoms with Crippen molar-refractivity contribution in [3.05, 3.63) is 36.0 Å². The van der Waals surface area contributed by atoms with Crippen LogP contribution in [0.3, 0.4) is 0 Å². The second kappa shape index (κ2) is 7.38. The van der Waals surface area contributed by atoms with Gasteiger partial charge in [0, 0.05) is 24.0 Å². The van der Waals surface area contributed by atoms with Gasteiger partial charge in [-0.15, -0.1) is 0 Å². The summed E-state index contributed by atoms with van der Waals surface area (Å²) < 4.78 is 12.2. The lowest BCUT2D eigenvalue weighted by atomic mass is 10.2. The van der Waals surface area contributed by atoms with Crippen LogP contribution in [0.4, 0.5) is 4.79 Å². The quantitative estimate of drug-likeness (QED) is 0.853. The van der Waals surface area contributed by atoms with Gasteiger partial charge in [-0.05, 0) is 39.8 Å². The van der Waals surface area contributed by atoms with E-state index >= 15 is 0 Å². The number of hydrogen-bond acceptors (Lipinski definition) is 4. The summed E-state index contributed by atoms with van der Waals surface area (Å²) in [5.74, 6) is -0.369. The molecule has 0 radical (unpaired) electrons. The fraction of sp³-hybridized carbons (Fsp3) is 0.444. The maximum atomic E-state index is 12.2. The molecule has 0 unspecified atom stereocenters. The topological polar surface area (TPSA) is 69.6 Å². The van der Waals surface area contributed by atoms with Gasteiger partial charge in [0.25, 0.3) is 0 Å². The molecule has 0 atom stereocenters. The predicted molar refractivity (Wildman–Crippen MR) is 92.1 cm³/mol. The smallest absolute Gasteiger partial charge is 0.407 e. The van der Waals surface area contributed by atoms with Crippen LogP contribution >= 0.6 is 0 Å². The van der Waals surface area contributed by atoms with Crippen molar-refractivity contribution < 1.29 is 19.1 Å². The standard InChI is InChI=1S/C18H24N2O4/c1-5-23-16(21)15-12-13-8-6-7-9-14(13)20(15)11-10-19-17(22)24-18(2,3)4/h6-9,12H,5,10-11H2,1-4H3,(H,19,22). The zero-order chi connectivity index (χ0) is 17.7. The molecule has 1 aromatic carbocycles. The number of esters is 1. The molecule has 0 saturated carbocycles. The van der Waals surface area contributed by atoms with Gasteiger partial charge in [0.05, 0.1) is 6.61 Å². The van der Waals surface area contributed by atoms with E-state index in [1.54, 1.807) is 13.0 Å². The molecule has 0 bridgehead atoms. The van der Waals surface area contributed by atoms with Crippen molar-refractivity contribution in [2.75, 3.05) is 13.2 Å². The number of alkyl carbamates (subject to hydrolysis) is 1. The van der Waals surface area contributed by atoms with E-state index in [4.69, 9.17) is 9.47 Å². The second-order valence-corrected chi connectivity index (χ2v) is 6.39. The minimum atomic E-state index is -0.541. The van der Waals surface area contributed by atoms with Crippen molar-refractivity contribution in [3.63, 3.8) is 0 Å². The van der Waals surface area contributed by atoms with Crippen LogP contribution in [0, 0.1) is 0 Å². The second-order valence-electron chi connectivity index (χ2n) is 6.39. The third-order valence-corrected chi connectivity index (χ3v) is 3.30. The highest BCUT2D eigenvalue weighted by Gasteiger charge is 2.18. The third kappa shape index (κ3) is 4.50. The van der Waals surface area contributed by atoms with Crippen LogP contribution in [0.5, 0.6) is 0 Å². The number of carbonyl (C=O) groups is 2. The van der Waals surface area contributed by atoms with Gasteiger partial charge >= 0.3 is 12.1 Å². The first-order valence-corrected chi connectivity index (χ1v) is 8.04. The van der Waals surface area contributed by atoms with E-state index in [0.29, 0.717) is 25.4 Å². The first-order chi connectivity index (χ1) is 11.3. The number of hydrogen-bond donors (Lipinski definition) is 1. The number of amides is 1. The Morgan fingerprint density at radius 3 is 2.58 bits per heavy atom. The van der Waals surface area contributed by atoms with E-state index in [2.05, 4.69) is 5.32 Å². The lowest BCUT2D eigenvalue weighted by molar-refractivity contribution is 0.0514. The molecule has 1 aromatic heterocycles. The van der Waals surface area contributed by atoms with Gasteiger partial charge in [-0.2, -0.15) is 0 Å². The molecule has 0 saturated heterocycles. The number of ether oxygens (including phenoxy) is 2. The Morgan fingerprint density at radius 2 is 1.92 bits per heavy atom. The van der Waals surface area contributed by atoms with Gasteiger partial charge in [0.15, 0.2) is 0 Å². The fourth-order valence-electron chi connectivity index (χ4n) is 2.41. The largest absolute Gasteiger partial charge is 0.461 e. The summed E-state index contributed by atoms with van der Waals surface area (Å²) in [5.41, 5.74) is 0.857. The van der Waals surface area contributed by atoms with Crippen LogP contribution in [-0.2, 0) is 16.0 Å². The van der Waals surface area contributed by atoms with Crippen LogP contribution in [-0.4, -0.2) is 35.4 Å². The van der Waals surface area contributed by atoms with Crippen LogP contribution in [0.15, 0.2) is 30.3 Å². The number of nitrogens with zero attached hydrogens (tertiary/aromatic N) is 1. The summed E-state index contributed by atoms with van der Waals surface area (Å²) >= 11 is 0. The maximum Gasteiger partial charge on any atom is 0.407 e. The zero-order valence-electron chi connectivity index (χ0n) is 14.6. The molecule has 24 heavy (non-hydrogen) atoms. The number of nitrogens with one attached hydrogen (secondary N) is 1. The zero-order valence-corrected chi connectivity index (χ0v) is 14.6. The molecule has 1 N–H and O–H groups in total. The molecule has 0 aliphatic rings. The predicted octanol–water partition coefficient (Wildman–Crippen LogP) is 3.34. The highest BCUT2D eigenvalue weighted by atomic mass is 16.6. The van der Waals surface area contributed by atoms with Crippen molar-refractivity contribution >= 4 is 23.0 Å². The molecule has 2 aromatic rings. The van der Waals surface area contributed by atoms with Crippen LogP contribution < -0.4 is 5.32 Å². The number of para-hydroxylation sites is 1. The minimum absolute atomic E-state index is 0.316. The average molecular weight is 332 g/mol. The van der Waals surface area contributed by atoms with Gasteiger partial charge in [-0.25, -0.2) is 9.59 Å². The molecule has 0 spiro atoms. The Morgan fingerprint density at radius 1 is 1.21 bits per heavy atom. The molecule has 2 rings (SSSR count). The number of aromatic nitrogens is 1. The lowest BCUT2D eigenvalue weighted by Gasteiger charge is -2.20. The molecular weight excluding hydrogens is 308 g/mol. The third-order valence-electron chi connectivity index (χ3n) is 3.30. The Kier molecular flexibility index (Phi) is 5.49. The lowest BCUT2D eigenvalue weighted by Crippen LogP contribution is -2.34. The summed E-state index contributed by atoms with van der Waals surface area (Å²) in [6.45, 7) is 8.31. The SMILES string of the molecule is CCOC(=O)c1cc2ccccc2n1CCNC(=O)OC(C)(C)C. The van der Waals surface area contributed by atoms with Gasteiger partial charge in [0.2, 0.25) is 0 Å². The molecule has 0 aliphatic heterocycles. The molecule has 1 amide bonds. The van der Waals surface area contributed by atoms with Crippen molar-refractivity contribution in [3.8, 4) is 0 Å². The van der Waals surface area contributed by atoms with Gasteiger partial charge in [-0.3, -0.25) is 0 Å². The summed E-state index contributed by atoms with van der Waals surface area (Å²) in [6.07, 6.45) is -0.475. The van der Waals surface area contributed by atoms with Crippen LogP contribution in [0.2, 0.25) is 0 Å². The van der Waals surface area contributed by atoms with Crippen molar-refractivity contribution in [1.82, 2.24) is 9.88 Å². The van der Waals surface area contributed by atoms with E-state index in [-0.39, 0.29) is 5.97 Å². The van der Waals surface area contributed by atoms with Crippen molar-refractivity contribution in [2.45, 2.75) is 39.8 Å². The molecule has 6 nitrogen and oxygen atoms in total. The molecule has 0 fully saturated rings. The number of benzene rings is 1. The number of rotatable bonds is 5. The highest BCUT2D eigenvalue weighted by Crippen LogP contribution is 2.20. The Bertz CT molecular complexity index is 728. The molecule has 6 heteroatoms. The average Bonchev–Trinajstić information content (AvgIpc) is 2.85. The van der Waals surface area contributed by atoms with Crippen LogP contribution in [0.25, 0.3) is 10.9 Å². The van der Waals surface area contributed by atoms with Gasteiger partial charge < -0.3 is 19.4 Å². The molecular formula is C18H24N2O4. The van der Waals surface area contributed by atoms with E-state index in [1.807, 2.05) is 49.6 Å². The first kappa shape index (κ1) is 17.8. The summed E-state index contributed by atoms with van der Waals surface area (Å²) in [4.78, 5) is 23.9. The van der Waals surface area contributed by atoms with E-state index in [1.165, 1.54) is 0 Å². The monoisotopic (exact) mass is 332 g/mol. The summed E-state index contributed by atoms with van der Waals surface area (Å²) in [6, 6.07) is 9.51. The van der Waals surface area contributed by atoms with Crippen LogP contribution in [0.1, 0.15) is 38.2 Å². The number of fused-ring (bicyclic) bond motifs is 1. The van der Waals surface area contributed by atoms with E-state index < -0.39 is 11.7 Å². The van der Waals surface area contributed by atoms with Crippen molar-refractivity contribution in [2.24, 2.45) is 0 Å². The highest BCUT2D eigenvalue weighted by molar-refractivity contribution is 5.95. The molecule has 130 valence electrons. The van der Waals surface area contributed by atoms with Crippen molar-refractivity contribution in [1.29, 1.82) is 0 Å². The van der Waals surface area contributed by atoms with E-state index in [0.717, 1.165) is 10.9 Å². The Balaban J connectivity index is 2.13. The maximum absolute atomic E-state index is 12.2. The number of carbonyl (C=O) groups excluding carboxylic acids is 2. The normalized spacial score (nSPS) is 11.3. The Labute approximate surface area is 141 Å². The summed E-state index contributed by atoms with van der Waals surface area (Å²) in [7, 11) is 0. The van der Waals surface area contributed by atoms with Gasteiger partial charge in [-0.1, -0.05) is 18.2 Å². The molecule has 0 aliphatic carbocycles. The minimum Gasteiger partial charge on any atom is -0.461 e. The fourth-order valence-corrected chi connectivity index (χ4v) is 2.41.